The molecule has 0 saturated heterocycles. The Morgan fingerprint density at radius 1 is 1.10 bits per heavy atom. The molecule has 4 aliphatic carbocycles. The zero-order chi connectivity index (χ0) is 20.9. The Morgan fingerprint density at radius 3 is 2.67 bits per heavy atom. The lowest BCUT2D eigenvalue weighted by molar-refractivity contribution is -0.115. The summed E-state index contributed by atoms with van der Waals surface area (Å²) < 4.78 is 0. The minimum atomic E-state index is 0.140. The number of hydrogen-bond donors (Lipinski definition) is 1. The highest BCUT2D eigenvalue weighted by Gasteiger charge is 2.52. The van der Waals surface area contributed by atoms with E-state index in [-0.39, 0.29) is 12.4 Å². The number of aliphatic hydroxyl groups excluding tert-OH is 1. The van der Waals surface area contributed by atoms with Crippen LogP contribution in [-0.2, 0) is 11.2 Å². The summed E-state index contributed by atoms with van der Waals surface area (Å²) in [7, 11) is 0. The van der Waals surface area contributed by atoms with Gasteiger partial charge >= 0.3 is 0 Å². The second-order valence-electron chi connectivity index (χ2n) is 10.3. The normalized spacial score (nSPS) is 33.4. The molecule has 160 valence electrons. The molecule has 2 saturated carbocycles. The topological polar surface area (TPSA) is 37.3 Å². The maximum absolute atomic E-state index is 12.3. The van der Waals surface area contributed by atoms with Crippen molar-refractivity contribution >= 4 is 17.4 Å². The number of aliphatic hydroxyl groups is 1. The molecule has 30 heavy (non-hydrogen) atoms. The average molecular weight is 425 g/mol. The number of carbonyl (C=O) groups excluding carboxylic acids is 1. The number of fused-ring (bicyclic) bond motifs is 4. The summed E-state index contributed by atoms with van der Waals surface area (Å²) in [5.74, 6) is 2.03. The lowest BCUT2D eigenvalue weighted by Crippen LogP contribution is -2.40. The van der Waals surface area contributed by atoms with Gasteiger partial charge in [-0.25, -0.2) is 0 Å². The predicted molar refractivity (Wildman–Crippen MR) is 122 cm³/mol. The smallest absolute Gasteiger partial charge is 0.174 e. The molecule has 0 aromatic heterocycles. The van der Waals surface area contributed by atoms with Gasteiger partial charge in [0.25, 0.3) is 0 Å². The van der Waals surface area contributed by atoms with E-state index in [1.54, 1.807) is 5.57 Å². The van der Waals surface area contributed by atoms with Gasteiger partial charge in [-0.2, -0.15) is 0 Å². The highest BCUT2D eigenvalue weighted by Crippen LogP contribution is 2.64. The molecule has 3 heteroatoms. The average Bonchev–Trinajstić information content (AvgIpc) is 3.16. The third-order valence-corrected chi connectivity index (χ3v) is 9.06. The second kappa shape index (κ2) is 7.95. The Labute approximate surface area is 185 Å². The summed E-state index contributed by atoms with van der Waals surface area (Å²) in [5.41, 5.74) is 7.41. The molecule has 0 heterocycles. The maximum atomic E-state index is 12.3. The molecule has 0 amide bonds. The minimum absolute atomic E-state index is 0.140. The van der Waals surface area contributed by atoms with E-state index in [1.165, 1.54) is 48.0 Å². The van der Waals surface area contributed by atoms with Crippen LogP contribution in [0.4, 0.5) is 0 Å². The van der Waals surface area contributed by atoms with Crippen molar-refractivity contribution < 1.29 is 9.90 Å². The van der Waals surface area contributed by atoms with Gasteiger partial charge in [0, 0.05) is 18.9 Å². The van der Waals surface area contributed by atoms with Crippen molar-refractivity contribution in [2.24, 2.45) is 17.3 Å². The van der Waals surface area contributed by atoms with E-state index in [2.05, 4.69) is 31.2 Å². The number of rotatable bonds is 4. The fourth-order valence-corrected chi connectivity index (χ4v) is 7.52. The molecule has 4 aliphatic rings. The van der Waals surface area contributed by atoms with Gasteiger partial charge in [-0.1, -0.05) is 54.8 Å². The van der Waals surface area contributed by atoms with Crippen molar-refractivity contribution in [3.05, 3.63) is 57.1 Å². The van der Waals surface area contributed by atoms with E-state index in [1.807, 2.05) is 0 Å². The second-order valence-corrected chi connectivity index (χ2v) is 10.7. The van der Waals surface area contributed by atoms with Crippen LogP contribution in [0.2, 0.25) is 0 Å². The number of carbonyl (C=O) groups is 1. The van der Waals surface area contributed by atoms with E-state index >= 15 is 0 Å². The van der Waals surface area contributed by atoms with Crippen LogP contribution < -0.4 is 0 Å². The molecule has 2 fully saturated rings. The molecule has 0 bridgehead atoms. The third kappa shape index (κ3) is 3.31. The van der Waals surface area contributed by atoms with Gasteiger partial charge in [0.15, 0.2) is 5.78 Å². The van der Waals surface area contributed by atoms with Gasteiger partial charge in [0.05, 0.1) is 5.03 Å². The quantitative estimate of drug-likeness (QED) is 0.601. The number of aryl methyl sites for hydroxylation is 1. The molecule has 1 aromatic carbocycles. The summed E-state index contributed by atoms with van der Waals surface area (Å²) >= 11 is 6.55. The molecule has 1 aromatic rings. The van der Waals surface area contributed by atoms with Gasteiger partial charge < -0.3 is 5.11 Å². The maximum Gasteiger partial charge on any atom is 0.174 e. The number of hydrogen-bond acceptors (Lipinski definition) is 2. The highest BCUT2D eigenvalue weighted by molar-refractivity contribution is 6.43. The van der Waals surface area contributed by atoms with E-state index in [4.69, 9.17) is 16.7 Å². The molecule has 0 spiro atoms. The number of halogens is 1. The van der Waals surface area contributed by atoms with Crippen molar-refractivity contribution in [3.63, 3.8) is 0 Å². The summed E-state index contributed by atoms with van der Waals surface area (Å²) in [5, 5.41) is 9.66. The van der Waals surface area contributed by atoms with Gasteiger partial charge in [-0.05, 0) is 90.9 Å². The Bertz CT molecular complexity index is 909. The molecule has 4 atom stereocenters. The third-order valence-electron chi connectivity index (χ3n) is 8.62. The number of Topliss-reactive ketones (excluding diaryl/α,β-unsaturated/α-hetero) is 1. The van der Waals surface area contributed by atoms with Gasteiger partial charge in [0.2, 0.25) is 0 Å². The summed E-state index contributed by atoms with van der Waals surface area (Å²) in [6.07, 6.45) is 10.6. The van der Waals surface area contributed by atoms with E-state index in [0.717, 1.165) is 38.0 Å². The van der Waals surface area contributed by atoms with Crippen LogP contribution in [0.3, 0.4) is 0 Å². The molecule has 1 N–H and O–H groups in total. The first-order valence-corrected chi connectivity index (χ1v) is 12.2. The number of ketones is 1. The van der Waals surface area contributed by atoms with Gasteiger partial charge in [-0.3, -0.25) is 4.79 Å². The van der Waals surface area contributed by atoms with Crippen LogP contribution in [0.25, 0.3) is 0 Å². The summed E-state index contributed by atoms with van der Waals surface area (Å²) in [4.78, 5) is 12.3. The van der Waals surface area contributed by atoms with Crippen molar-refractivity contribution in [2.45, 2.75) is 77.0 Å². The van der Waals surface area contributed by atoms with Gasteiger partial charge in [-0.15, -0.1) is 0 Å². The lowest BCUT2D eigenvalue weighted by Gasteiger charge is -2.51. The van der Waals surface area contributed by atoms with Crippen molar-refractivity contribution in [3.8, 4) is 0 Å². The Morgan fingerprint density at radius 2 is 1.90 bits per heavy atom. The van der Waals surface area contributed by atoms with E-state index in [9.17, 15) is 4.79 Å². The molecule has 0 aliphatic heterocycles. The molecular formula is C27H33ClO2. The van der Waals surface area contributed by atoms with Crippen LogP contribution in [0.5, 0.6) is 0 Å². The fourth-order valence-electron chi connectivity index (χ4n) is 7.22. The van der Waals surface area contributed by atoms with E-state index < -0.39 is 0 Å². The first kappa shape index (κ1) is 20.5. The monoisotopic (exact) mass is 424 g/mol. The number of benzene rings is 1. The van der Waals surface area contributed by atoms with Crippen LogP contribution in [0, 0.1) is 17.3 Å². The predicted octanol–water partition coefficient (Wildman–Crippen LogP) is 6.47. The van der Waals surface area contributed by atoms with Crippen molar-refractivity contribution in [1.82, 2.24) is 0 Å². The number of allylic oxidation sites excluding steroid dienone is 4. The van der Waals surface area contributed by atoms with Crippen LogP contribution in [0.1, 0.15) is 81.8 Å². The van der Waals surface area contributed by atoms with Crippen LogP contribution in [0.15, 0.2) is 46.0 Å². The van der Waals surface area contributed by atoms with Crippen LogP contribution >= 0.6 is 11.6 Å². The first-order chi connectivity index (χ1) is 14.5. The Balaban J connectivity index is 1.59. The highest BCUT2D eigenvalue weighted by atomic mass is 35.5. The van der Waals surface area contributed by atoms with Crippen molar-refractivity contribution in [1.29, 1.82) is 0 Å². The van der Waals surface area contributed by atoms with E-state index in [0.29, 0.717) is 28.7 Å². The minimum Gasteiger partial charge on any atom is -0.396 e. The van der Waals surface area contributed by atoms with Gasteiger partial charge in [0.1, 0.15) is 0 Å². The SMILES string of the molecule is C[C@@]12CCC[C@H]1[C@@H]1CCC3=C(Cl)C(=O)CCC3=C1[C@@H](c1ccc(CCCO)cc1)C2. The summed E-state index contributed by atoms with van der Waals surface area (Å²) in [6.45, 7) is 2.79. The van der Waals surface area contributed by atoms with Crippen molar-refractivity contribution in [2.75, 3.05) is 6.61 Å². The lowest BCUT2D eigenvalue weighted by atomic mass is 9.53. The molecule has 0 radical (unpaired) electrons. The standard InChI is InChI=1S/C27H33ClO2/c1-27-14-2-5-23(27)21-11-10-20-19(12-13-24(30)26(20)28)25(21)22(16-27)18-8-6-17(7-9-18)4-3-15-29/h6-9,21-23,29H,2-5,10-16H2,1H3/t21-,22+,23-,27-/m0/s1. The molecular weight excluding hydrogens is 392 g/mol. The largest absolute Gasteiger partial charge is 0.396 e. The molecule has 5 rings (SSSR count). The fraction of sp³-hybridized carbons (Fsp3) is 0.593. The Hall–Kier alpha value is -1.38. The first-order valence-electron chi connectivity index (χ1n) is 11.9. The van der Waals surface area contributed by atoms with Crippen LogP contribution in [-0.4, -0.2) is 17.5 Å². The molecule has 0 unspecified atom stereocenters. The summed E-state index contributed by atoms with van der Waals surface area (Å²) in [6, 6.07) is 9.17. The zero-order valence-corrected chi connectivity index (χ0v) is 18.8. The zero-order valence-electron chi connectivity index (χ0n) is 18.1. The Kier molecular flexibility index (Phi) is 5.44. The molecule has 2 nitrogen and oxygen atoms in total.